The summed E-state index contributed by atoms with van der Waals surface area (Å²) in [7, 11) is 0. The largest absolute Gasteiger partial charge is 0.347 e. The van der Waals surface area contributed by atoms with Crippen LogP contribution in [0.3, 0.4) is 0 Å². The fraction of sp³-hybridized carbons (Fsp3) is 0.533. The molecule has 1 aliphatic heterocycles. The Labute approximate surface area is 121 Å². The maximum atomic E-state index is 12.1. The van der Waals surface area contributed by atoms with Gasteiger partial charge in [0.1, 0.15) is 5.78 Å². The second-order valence-electron chi connectivity index (χ2n) is 5.27. The third-order valence-electron chi connectivity index (χ3n) is 4.00. The average Bonchev–Trinajstić information content (AvgIpc) is 2.85. The zero-order valence-corrected chi connectivity index (χ0v) is 12.3. The number of ketones is 1. The second kappa shape index (κ2) is 5.35. The van der Waals surface area contributed by atoms with E-state index in [2.05, 4.69) is 22.0 Å². The number of rotatable bonds is 2. The first-order valence-electron chi connectivity index (χ1n) is 6.73. The fourth-order valence-electron chi connectivity index (χ4n) is 2.98. The van der Waals surface area contributed by atoms with E-state index < -0.39 is 5.79 Å². The van der Waals surface area contributed by atoms with Crippen LogP contribution in [0.2, 0.25) is 0 Å². The minimum Gasteiger partial charge on any atom is -0.347 e. The Morgan fingerprint density at radius 1 is 1.26 bits per heavy atom. The van der Waals surface area contributed by atoms with Gasteiger partial charge in [0.15, 0.2) is 5.79 Å². The number of carbonyl (C=O) groups excluding carboxylic acids is 1. The molecule has 1 saturated heterocycles. The van der Waals surface area contributed by atoms with Crippen LogP contribution in [0.15, 0.2) is 28.7 Å². The highest BCUT2D eigenvalue weighted by molar-refractivity contribution is 9.10. The summed E-state index contributed by atoms with van der Waals surface area (Å²) in [5.74, 6) is -0.147. The van der Waals surface area contributed by atoms with Crippen LogP contribution in [0, 0.1) is 5.92 Å². The highest BCUT2D eigenvalue weighted by Crippen LogP contribution is 2.38. The van der Waals surface area contributed by atoms with E-state index in [0.717, 1.165) is 10.9 Å². The van der Waals surface area contributed by atoms with Crippen LogP contribution in [-0.2, 0) is 20.7 Å². The van der Waals surface area contributed by atoms with E-state index in [1.165, 1.54) is 5.56 Å². The minimum atomic E-state index is -0.486. The van der Waals surface area contributed by atoms with E-state index in [9.17, 15) is 4.79 Å². The van der Waals surface area contributed by atoms with Gasteiger partial charge in [0.25, 0.3) is 0 Å². The van der Waals surface area contributed by atoms with Gasteiger partial charge in [0.2, 0.25) is 0 Å². The summed E-state index contributed by atoms with van der Waals surface area (Å²) < 4.78 is 12.5. The maximum Gasteiger partial charge on any atom is 0.169 e. The molecular formula is C15H17BrO3. The van der Waals surface area contributed by atoms with Gasteiger partial charge >= 0.3 is 0 Å². The number of Topliss-reactive ketones (excluding diaryl/α,β-unsaturated/α-hetero) is 1. The summed E-state index contributed by atoms with van der Waals surface area (Å²) in [5, 5.41) is 0. The molecule has 2 aliphatic rings. The highest BCUT2D eigenvalue weighted by atomic mass is 79.9. The van der Waals surface area contributed by atoms with Crippen molar-refractivity contribution in [2.45, 2.75) is 31.5 Å². The second-order valence-corrected chi connectivity index (χ2v) is 6.12. The average molecular weight is 325 g/mol. The van der Waals surface area contributed by atoms with Gasteiger partial charge in [-0.15, -0.1) is 0 Å². The van der Waals surface area contributed by atoms with Crippen molar-refractivity contribution in [2.24, 2.45) is 5.92 Å². The van der Waals surface area contributed by atoms with Crippen LogP contribution < -0.4 is 0 Å². The molecule has 19 heavy (non-hydrogen) atoms. The maximum absolute atomic E-state index is 12.1. The first kappa shape index (κ1) is 13.3. The Balaban J connectivity index is 1.75. The molecule has 0 aromatic heterocycles. The van der Waals surface area contributed by atoms with Gasteiger partial charge in [-0.3, -0.25) is 4.79 Å². The van der Waals surface area contributed by atoms with Gasteiger partial charge in [-0.05, 0) is 18.1 Å². The molecule has 102 valence electrons. The van der Waals surface area contributed by atoms with Crippen molar-refractivity contribution in [3.63, 3.8) is 0 Å². The first-order chi connectivity index (χ1) is 9.19. The van der Waals surface area contributed by atoms with Gasteiger partial charge in [-0.1, -0.05) is 34.1 Å². The molecule has 1 aromatic rings. The van der Waals surface area contributed by atoms with Crippen molar-refractivity contribution >= 4 is 21.7 Å². The quantitative estimate of drug-likeness (QED) is 0.838. The van der Waals surface area contributed by atoms with Crippen LogP contribution in [0.4, 0.5) is 0 Å². The lowest BCUT2D eigenvalue weighted by Gasteiger charge is -2.35. The lowest BCUT2D eigenvalue weighted by Crippen LogP contribution is -2.41. The van der Waals surface area contributed by atoms with E-state index in [1.807, 2.05) is 18.2 Å². The Morgan fingerprint density at radius 2 is 2.00 bits per heavy atom. The zero-order valence-electron chi connectivity index (χ0n) is 10.7. The van der Waals surface area contributed by atoms with Crippen LogP contribution in [0.5, 0.6) is 0 Å². The summed E-state index contributed by atoms with van der Waals surface area (Å²) in [6, 6.07) is 8.07. The molecule has 1 heterocycles. The van der Waals surface area contributed by atoms with Gasteiger partial charge in [0, 0.05) is 29.7 Å². The van der Waals surface area contributed by atoms with Gasteiger partial charge < -0.3 is 9.47 Å². The van der Waals surface area contributed by atoms with E-state index in [0.29, 0.717) is 38.3 Å². The molecule has 4 heteroatoms. The molecule has 1 spiro atoms. The van der Waals surface area contributed by atoms with Crippen molar-refractivity contribution in [1.29, 1.82) is 0 Å². The lowest BCUT2D eigenvalue weighted by atomic mass is 9.80. The molecule has 1 atom stereocenters. The molecule has 0 N–H and O–H groups in total. The molecule has 1 aliphatic carbocycles. The number of ether oxygens (including phenoxy) is 2. The van der Waals surface area contributed by atoms with Gasteiger partial charge in [-0.2, -0.15) is 0 Å². The number of halogens is 1. The third-order valence-corrected chi connectivity index (χ3v) is 4.78. The summed E-state index contributed by atoms with van der Waals surface area (Å²) >= 11 is 3.54. The van der Waals surface area contributed by atoms with E-state index >= 15 is 0 Å². The van der Waals surface area contributed by atoms with E-state index in [1.54, 1.807) is 0 Å². The molecule has 3 nitrogen and oxygen atoms in total. The van der Waals surface area contributed by atoms with Gasteiger partial charge in [0.05, 0.1) is 13.2 Å². The molecule has 1 saturated carbocycles. The predicted octanol–water partition coefficient (Wildman–Crippen LogP) is 3.10. The van der Waals surface area contributed by atoms with Crippen molar-refractivity contribution in [1.82, 2.24) is 0 Å². The van der Waals surface area contributed by atoms with E-state index in [-0.39, 0.29) is 5.92 Å². The number of hydrogen-bond acceptors (Lipinski definition) is 3. The third kappa shape index (κ3) is 2.76. The molecular weight excluding hydrogens is 308 g/mol. The van der Waals surface area contributed by atoms with Crippen LogP contribution >= 0.6 is 15.9 Å². The van der Waals surface area contributed by atoms with Crippen molar-refractivity contribution in [3.05, 3.63) is 34.3 Å². The Kier molecular flexibility index (Phi) is 3.74. The first-order valence-corrected chi connectivity index (χ1v) is 7.52. The van der Waals surface area contributed by atoms with Crippen molar-refractivity contribution in [3.8, 4) is 0 Å². The molecule has 0 unspecified atom stereocenters. The summed E-state index contributed by atoms with van der Waals surface area (Å²) in [5.41, 5.74) is 1.18. The Morgan fingerprint density at radius 3 is 2.74 bits per heavy atom. The molecule has 3 rings (SSSR count). The lowest BCUT2D eigenvalue weighted by molar-refractivity contribution is -0.189. The smallest absolute Gasteiger partial charge is 0.169 e. The normalized spacial score (nSPS) is 25.9. The SMILES string of the molecule is O=C1CCC2(C[C@H]1Cc1ccccc1Br)OCCO2. The molecule has 0 radical (unpaired) electrons. The summed E-state index contributed by atoms with van der Waals surface area (Å²) in [6.45, 7) is 1.30. The predicted molar refractivity (Wildman–Crippen MR) is 74.8 cm³/mol. The Bertz CT molecular complexity index is 480. The number of hydrogen-bond donors (Lipinski definition) is 0. The molecule has 1 aromatic carbocycles. The molecule has 0 amide bonds. The topological polar surface area (TPSA) is 35.5 Å². The van der Waals surface area contributed by atoms with Crippen molar-refractivity contribution in [2.75, 3.05) is 13.2 Å². The molecule has 2 fully saturated rings. The summed E-state index contributed by atoms with van der Waals surface area (Å²) in [6.07, 6.45) is 2.72. The van der Waals surface area contributed by atoms with Crippen LogP contribution in [0.25, 0.3) is 0 Å². The molecule has 0 bridgehead atoms. The standard InChI is InChI=1S/C15H17BrO3/c16-13-4-2-1-3-11(13)9-12-10-15(6-5-14(12)17)18-7-8-19-15/h1-4,12H,5-10H2/t12-/m1/s1. The van der Waals surface area contributed by atoms with Crippen LogP contribution in [-0.4, -0.2) is 24.8 Å². The monoisotopic (exact) mass is 324 g/mol. The van der Waals surface area contributed by atoms with Crippen molar-refractivity contribution < 1.29 is 14.3 Å². The summed E-state index contributed by atoms with van der Waals surface area (Å²) in [4.78, 5) is 12.1. The van der Waals surface area contributed by atoms with Gasteiger partial charge in [-0.25, -0.2) is 0 Å². The highest BCUT2D eigenvalue weighted by Gasteiger charge is 2.44. The number of benzene rings is 1. The Hall–Kier alpha value is -0.710. The van der Waals surface area contributed by atoms with E-state index in [4.69, 9.17) is 9.47 Å². The van der Waals surface area contributed by atoms with Crippen LogP contribution in [0.1, 0.15) is 24.8 Å². The zero-order chi connectivity index (χ0) is 13.3. The number of carbonyl (C=O) groups is 1. The fourth-order valence-corrected chi connectivity index (χ4v) is 3.43. The minimum absolute atomic E-state index is 0.00514.